The van der Waals surface area contributed by atoms with E-state index in [-0.39, 0.29) is 17.7 Å². The minimum atomic E-state index is -0.468. The zero-order valence-electron chi connectivity index (χ0n) is 11.3. The van der Waals surface area contributed by atoms with Crippen LogP contribution in [0.3, 0.4) is 0 Å². The van der Waals surface area contributed by atoms with Gasteiger partial charge in [0.1, 0.15) is 0 Å². The van der Waals surface area contributed by atoms with Gasteiger partial charge in [-0.2, -0.15) is 0 Å². The van der Waals surface area contributed by atoms with Crippen molar-refractivity contribution in [1.82, 2.24) is 10.6 Å². The molecule has 0 aromatic heterocycles. The van der Waals surface area contributed by atoms with E-state index in [0.717, 1.165) is 10.5 Å². The number of hydrogen-bond donors (Lipinski definition) is 3. The van der Waals surface area contributed by atoms with E-state index in [1.54, 1.807) is 0 Å². The van der Waals surface area contributed by atoms with Gasteiger partial charge in [0.25, 0.3) is 0 Å². The molecule has 0 atom stereocenters. The average molecular weight is 281 g/mol. The fourth-order valence-electron chi connectivity index (χ4n) is 1.39. The van der Waals surface area contributed by atoms with Gasteiger partial charge >= 0.3 is 6.03 Å². The first kappa shape index (κ1) is 15.4. The van der Waals surface area contributed by atoms with Gasteiger partial charge in [0.05, 0.1) is 5.75 Å². The Morgan fingerprint density at radius 3 is 2.68 bits per heavy atom. The van der Waals surface area contributed by atoms with Gasteiger partial charge < -0.3 is 11.1 Å². The minimum absolute atomic E-state index is 0.00313. The van der Waals surface area contributed by atoms with Crippen LogP contribution in [0.15, 0.2) is 23.1 Å². The highest BCUT2D eigenvalue weighted by Crippen LogP contribution is 2.25. The Bertz CT molecular complexity index is 475. The van der Waals surface area contributed by atoms with Crippen LogP contribution in [-0.4, -0.2) is 23.7 Å². The van der Waals surface area contributed by atoms with Crippen LogP contribution >= 0.6 is 11.8 Å². The number of anilines is 1. The molecule has 4 N–H and O–H groups in total. The summed E-state index contributed by atoms with van der Waals surface area (Å²) in [5, 5.41) is 4.87. The Morgan fingerprint density at radius 2 is 2.05 bits per heavy atom. The lowest BCUT2D eigenvalue weighted by Crippen LogP contribution is -2.43. The number of thioether (sulfide) groups is 1. The van der Waals surface area contributed by atoms with Gasteiger partial charge in [-0.1, -0.05) is 6.07 Å². The second-order valence-electron chi connectivity index (χ2n) is 4.44. The van der Waals surface area contributed by atoms with Crippen molar-refractivity contribution < 1.29 is 9.59 Å². The molecule has 0 fully saturated rings. The van der Waals surface area contributed by atoms with E-state index < -0.39 is 6.03 Å². The van der Waals surface area contributed by atoms with Crippen molar-refractivity contribution in [2.45, 2.75) is 31.7 Å². The lowest BCUT2D eigenvalue weighted by atomic mass is 10.2. The first-order valence-electron chi connectivity index (χ1n) is 5.98. The van der Waals surface area contributed by atoms with Gasteiger partial charge in [-0.15, -0.1) is 11.8 Å². The van der Waals surface area contributed by atoms with Crippen LogP contribution in [0.1, 0.15) is 19.4 Å². The Morgan fingerprint density at radius 1 is 1.37 bits per heavy atom. The van der Waals surface area contributed by atoms with Crippen LogP contribution in [0, 0.1) is 6.92 Å². The van der Waals surface area contributed by atoms with Crippen molar-refractivity contribution in [3.05, 3.63) is 23.8 Å². The summed E-state index contributed by atoms with van der Waals surface area (Å²) in [4.78, 5) is 23.8. The molecule has 1 aromatic rings. The number of urea groups is 1. The number of amides is 3. The van der Waals surface area contributed by atoms with Crippen LogP contribution in [0.5, 0.6) is 0 Å². The number of rotatable bonds is 4. The van der Waals surface area contributed by atoms with E-state index in [9.17, 15) is 9.59 Å². The molecule has 0 aliphatic carbocycles. The summed E-state index contributed by atoms with van der Waals surface area (Å²) >= 11 is 1.36. The molecule has 0 saturated heterocycles. The van der Waals surface area contributed by atoms with Crippen molar-refractivity contribution in [3.63, 3.8) is 0 Å². The Labute approximate surface area is 117 Å². The molecule has 0 aliphatic rings. The Kier molecular flexibility index (Phi) is 5.69. The second kappa shape index (κ2) is 7.04. The Hall–Kier alpha value is -1.69. The van der Waals surface area contributed by atoms with E-state index in [4.69, 9.17) is 5.73 Å². The fraction of sp³-hybridized carbons (Fsp3) is 0.385. The van der Waals surface area contributed by atoms with Crippen LogP contribution in [0.4, 0.5) is 10.5 Å². The first-order chi connectivity index (χ1) is 8.90. The summed E-state index contributed by atoms with van der Waals surface area (Å²) in [6.45, 7) is 5.56. The highest BCUT2D eigenvalue weighted by molar-refractivity contribution is 8.00. The normalized spacial score (nSPS) is 10.3. The van der Waals surface area contributed by atoms with E-state index in [0.29, 0.717) is 5.69 Å². The molecule has 0 spiro atoms. The highest BCUT2D eigenvalue weighted by Gasteiger charge is 2.10. The quantitative estimate of drug-likeness (QED) is 0.581. The molecule has 3 amide bonds. The number of benzene rings is 1. The van der Waals surface area contributed by atoms with Gasteiger partial charge in [-0.05, 0) is 38.5 Å². The van der Waals surface area contributed by atoms with Crippen molar-refractivity contribution in [2.75, 3.05) is 11.5 Å². The van der Waals surface area contributed by atoms with E-state index >= 15 is 0 Å². The van der Waals surface area contributed by atoms with Gasteiger partial charge in [0.15, 0.2) is 0 Å². The van der Waals surface area contributed by atoms with Crippen molar-refractivity contribution >= 4 is 29.4 Å². The van der Waals surface area contributed by atoms with Gasteiger partial charge in [-0.25, -0.2) is 4.79 Å². The molecule has 0 aliphatic heterocycles. The fourth-order valence-corrected chi connectivity index (χ4v) is 2.26. The SMILES string of the molecule is Cc1c(N)cccc1SCC(=O)NC(=O)NC(C)C. The zero-order chi connectivity index (χ0) is 14.4. The van der Waals surface area contributed by atoms with E-state index in [1.807, 2.05) is 39.0 Å². The molecule has 0 saturated carbocycles. The first-order valence-corrected chi connectivity index (χ1v) is 6.97. The third-order valence-electron chi connectivity index (χ3n) is 2.36. The average Bonchev–Trinajstić information content (AvgIpc) is 2.30. The topological polar surface area (TPSA) is 84.2 Å². The van der Waals surface area contributed by atoms with Crippen LogP contribution in [0.25, 0.3) is 0 Å². The predicted octanol–water partition coefficient (Wildman–Crippen LogP) is 1.90. The van der Waals surface area contributed by atoms with Gasteiger partial charge in [0, 0.05) is 16.6 Å². The molecule has 19 heavy (non-hydrogen) atoms. The molecule has 1 rings (SSSR count). The van der Waals surface area contributed by atoms with Crippen LogP contribution in [0.2, 0.25) is 0 Å². The molecule has 0 radical (unpaired) electrons. The van der Waals surface area contributed by atoms with Crippen LogP contribution < -0.4 is 16.4 Å². The molecule has 104 valence electrons. The molecular weight excluding hydrogens is 262 g/mol. The third kappa shape index (κ3) is 5.21. The summed E-state index contributed by atoms with van der Waals surface area (Å²) in [6.07, 6.45) is 0. The number of nitrogens with two attached hydrogens (primary N) is 1. The molecule has 1 aromatic carbocycles. The minimum Gasteiger partial charge on any atom is -0.398 e. The number of imide groups is 1. The molecule has 0 heterocycles. The summed E-state index contributed by atoms with van der Waals surface area (Å²) in [7, 11) is 0. The van der Waals surface area contributed by atoms with Gasteiger partial charge in [-0.3, -0.25) is 10.1 Å². The number of carbonyl (C=O) groups excluding carboxylic acids is 2. The lowest BCUT2D eigenvalue weighted by molar-refractivity contribution is -0.117. The molecule has 0 bridgehead atoms. The number of nitrogen functional groups attached to an aromatic ring is 1. The summed E-state index contributed by atoms with van der Waals surface area (Å²) < 4.78 is 0. The highest BCUT2D eigenvalue weighted by atomic mass is 32.2. The monoisotopic (exact) mass is 281 g/mol. The molecule has 6 heteroatoms. The second-order valence-corrected chi connectivity index (χ2v) is 5.45. The Balaban J connectivity index is 2.46. The smallest absolute Gasteiger partial charge is 0.321 e. The number of hydrogen-bond acceptors (Lipinski definition) is 4. The maximum atomic E-state index is 11.6. The predicted molar refractivity (Wildman–Crippen MR) is 78.1 cm³/mol. The summed E-state index contributed by atoms with van der Waals surface area (Å²) in [5.41, 5.74) is 7.43. The number of nitrogens with one attached hydrogen (secondary N) is 2. The van der Waals surface area contributed by atoms with Crippen molar-refractivity contribution in [3.8, 4) is 0 Å². The summed E-state index contributed by atoms with van der Waals surface area (Å²) in [6, 6.07) is 5.09. The maximum absolute atomic E-state index is 11.6. The summed E-state index contributed by atoms with van der Waals surface area (Å²) in [5.74, 6) is -0.152. The molecular formula is C13H19N3O2S. The van der Waals surface area contributed by atoms with Crippen molar-refractivity contribution in [2.24, 2.45) is 0 Å². The van der Waals surface area contributed by atoms with Crippen molar-refractivity contribution in [1.29, 1.82) is 0 Å². The van der Waals surface area contributed by atoms with Gasteiger partial charge in [0.2, 0.25) is 5.91 Å². The molecule has 0 unspecified atom stereocenters. The number of carbonyl (C=O) groups is 2. The standard InChI is InChI=1S/C13H19N3O2S/c1-8(2)15-13(18)16-12(17)7-19-11-6-4-5-10(14)9(11)3/h4-6,8H,7,14H2,1-3H3,(H2,15,16,17,18). The zero-order valence-corrected chi connectivity index (χ0v) is 12.1. The maximum Gasteiger partial charge on any atom is 0.321 e. The molecule has 5 nitrogen and oxygen atoms in total. The largest absolute Gasteiger partial charge is 0.398 e. The lowest BCUT2D eigenvalue weighted by Gasteiger charge is -2.10. The van der Waals surface area contributed by atoms with E-state index in [1.165, 1.54) is 11.8 Å². The van der Waals surface area contributed by atoms with E-state index in [2.05, 4.69) is 10.6 Å². The third-order valence-corrected chi connectivity index (χ3v) is 3.52. The van der Waals surface area contributed by atoms with Crippen LogP contribution in [-0.2, 0) is 4.79 Å².